The lowest BCUT2D eigenvalue weighted by Crippen LogP contribution is -2.38. The second-order valence-corrected chi connectivity index (χ2v) is 9.44. The molecule has 1 amide bonds. The number of carbonyl (C=O) groups is 1. The maximum Gasteiger partial charge on any atom is 0.417 e. The van der Waals surface area contributed by atoms with Gasteiger partial charge in [-0.2, -0.15) is 5.10 Å². The highest BCUT2D eigenvalue weighted by atomic mass is 19.1. The highest BCUT2D eigenvalue weighted by Gasteiger charge is 2.18. The monoisotopic (exact) mass is 585 g/mol. The Balaban J connectivity index is 1.22. The number of carbonyl (C=O) groups excluding carboxylic acids is 1. The molecule has 0 fully saturated rings. The number of imidazole rings is 1. The summed E-state index contributed by atoms with van der Waals surface area (Å²) in [6.45, 7) is 0. The lowest BCUT2D eigenvalue weighted by molar-refractivity contribution is 0.214. The summed E-state index contributed by atoms with van der Waals surface area (Å²) in [5.74, 6) is -1.63. The van der Waals surface area contributed by atoms with Gasteiger partial charge in [-0.3, -0.25) is 14.7 Å². The number of hydrogen-bond donors (Lipinski definition) is 1. The zero-order valence-electron chi connectivity index (χ0n) is 22.6. The molecule has 6 rings (SSSR count). The number of anilines is 1. The second kappa shape index (κ2) is 10.7. The summed E-state index contributed by atoms with van der Waals surface area (Å²) < 4.78 is 44.6. The van der Waals surface area contributed by atoms with Crippen molar-refractivity contribution in [3.63, 3.8) is 0 Å². The number of pyridine rings is 1. The molecule has 0 unspecified atom stereocenters. The third-order valence-electron chi connectivity index (χ3n) is 6.37. The van der Waals surface area contributed by atoms with Crippen LogP contribution in [0.2, 0.25) is 0 Å². The predicted molar refractivity (Wildman–Crippen MR) is 151 cm³/mol. The van der Waals surface area contributed by atoms with Gasteiger partial charge in [-0.15, -0.1) is 0 Å². The largest absolute Gasteiger partial charge is 0.452 e. The average Bonchev–Trinajstić information content (AvgIpc) is 3.63. The first-order valence-electron chi connectivity index (χ1n) is 12.7. The van der Waals surface area contributed by atoms with Gasteiger partial charge in [-0.05, 0) is 48.5 Å². The summed E-state index contributed by atoms with van der Waals surface area (Å²) in [6.07, 6.45) is 6.76. The van der Waals surface area contributed by atoms with Gasteiger partial charge in [0, 0.05) is 43.8 Å². The molecule has 1 N–H and O–H groups in total. The van der Waals surface area contributed by atoms with E-state index in [-0.39, 0.29) is 17.1 Å². The molecule has 0 saturated carbocycles. The molecule has 0 bridgehead atoms. The maximum atomic E-state index is 15.1. The highest BCUT2D eigenvalue weighted by molar-refractivity contribution is 5.86. The van der Waals surface area contributed by atoms with Gasteiger partial charge in [0.2, 0.25) is 5.75 Å². The van der Waals surface area contributed by atoms with Gasteiger partial charge >= 0.3 is 17.3 Å². The number of benzene rings is 2. The van der Waals surface area contributed by atoms with Crippen LogP contribution in [0.5, 0.6) is 17.2 Å². The van der Waals surface area contributed by atoms with Crippen molar-refractivity contribution in [2.24, 2.45) is 14.1 Å². The highest BCUT2D eigenvalue weighted by Crippen LogP contribution is 2.33. The maximum absolute atomic E-state index is 15.1. The van der Waals surface area contributed by atoms with Crippen LogP contribution in [0.3, 0.4) is 0 Å². The van der Waals surface area contributed by atoms with Crippen LogP contribution in [-0.2, 0) is 14.1 Å². The molecule has 2 aromatic carbocycles. The summed E-state index contributed by atoms with van der Waals surface area (Å²) >= 11 is 0. The Hall–Kier alpha value is -6.05. The number of halogens is 2. The van der Waals surface area contributed by atoms with E-state index in [9.17, 15) is 18.8 Å². The van der Waals surface area contributed by atoms with Crippen molar-refractivity contribution in [1.29, 1.82) is 0 Å². The van der Waals surface area contributed by atoms with Crippen molar-refractivity contribution in [1.82, 2.24) is 28.3 Å². The average molecular weight is 586 g/mol. The first-order chi connectivity index (χ1) is 20.7. The summed E-state index contributed by atoms with van der Waals surface area (Å²) in [4.78, 5) is 42.5. The number of aryl methyl sites for hydroxylation is 2. The van der Waals surface area contributed by atoms with Crippen LogP contribution in [0.1, 0.15) is 0 Å². The fourth-order valence-corrected chi connectivity index (χ4v) is 4.33. The van der Waals surface area contributed by atoms with Crippen molar-refractivity contribution in [3.05, 3.63) is 118 Å². The molecule has 0 aliphatic heterocycles. The van der Waals surface area contributed by atoms with Gasteiger partial charge < -0.3 is 14.0 Å². The molecule has 0 aliphatic rings. The third-order valence-corrected chi connectivity index (χ3v) is 6.37. The topological polar surface area (TPSA) is 127 Å². The number of hydrogen-bond acceptors (Lipinski definition) is 7. The van der Waals surface area contributed by atoms with Crippen molar-refractivity contribution in [3.8, 4) is 34.2 Å². The fraction of sp³-hybridized carbons (Fsp3) is 0.0690. The fourth-order valence-electron chi connectivity index (χ4n) is 4.33. The van der Waals surface area contributed by atoms with Crippen LogP contribution >= 0.6 is 0 Å². The number of rotatable bonds is 6. The van der Waals surface area contributed by atoms with E-state index in [1.807, 2.05) is 13.2 Å². The number of fused-ring (bicyclic) bond motifs is 1. The molecule has 0 radical (unpaired) electrons. The number of nitrogens with one attached hydrogen (secondary N) is 1. The van der Waals surface area contributed by atoms with Crippen molar-refractivity contribution >= 4 is 17.3 Å². The molecule has 4 aromatic heterocycles. The number of amides is 1. The summed E-state index contributed by atoms with van der Waals surface area (Å²) in [5, 5.41) is 6.59. The molecular weight excluding hydrogens is 564 g/mol. The summed E-state index contributed by atoms with van der Waals surface area (Å²) in [7, 11) is 3.19. The lowest BCUT2D eigenvalue weighted by Gasteiger charge is -2.12. The van der Waals surface area contributed by atoms with Gasteiger partial charge in [0.25, 0.3) is 0 Å². The molecule has 4 heterocycles. The van der Waals surface area contributed by atoms with E-state index in [2.05, 4.69) is 15.4 Å². The number of aromatic nitrogens is 6. The smallest absolute Gasteiger partial charge is 0.417 e. The Morgan fingerprint density at radius 3 is 2.42 bits per heavy atom. The van der Waals surface area contributed by atoms with Gasteiger partial charge in [-0.1, -0.05) is 0 Å². The Bertz CT molecular complexity index is 2130. The predicted octanol–water partition coefficient (Wildman–Crippen LogP) is 4.27. The van der Waals surface area contributed by atoms with Crippen LogP contribution in [0.25, 0.3) is 22.5 Å². The minimum absolute atomic E-state index is 0.00951. The molecular formula is C29H21F2N7O5. The number of nitrogens with zero attached hydrogens (tertiary/aromatic N) is 6. The zero-order chi connectivity index (χ0) is 30.2. The molecule has 0 saturated heterocycles. The Kier molecular flexibility index (Phi) is 6.78. The Labute approximate surface area is 240 Å². The summed E-state index contributed by atoms with van der Waals surface area (Å²) in [6, 6.07) is 11.8. The molecule has 0 atom stereocenters. The normalized spacial score (nSPS) is 11.1. The minimum atomic E-state index is -1.11. The zero-order valence-corrected chi connectivity index (χ0v) is 22.6. The van der Waals surface area contributed by atoms with E-state index in [0.29, 0.717) is 22.5 Å². The van der Waals surface area contributed by atoms with E-state index < -0.39 is 34.7 Å². The molecule has 43 heavy (non-hydrogen) atoms. The van der Waals surface area contributed by atoms with Crippen molar-refractivity contribution < 1.29 is 23.0 Å². The van der Waals surface area contributed by atoms with Crippen LogP contribution in [0.15, 0.2) is 95.3 Å². The molecule has 12 nitrogen and oxygen atoms in total. The first kappa shape index (κ1) is 27.1. The SMILES string of the molecule is Cn1cnc(-c2cc(Oc3ccc(NC(=O)Oc4cn(C)c(=O)n(-c5ccc(F)cc5)c4=O)cc3F)c3ccnn3c2)c1. The molecule has 216 valence electrons. The lowest BCUT2D eigenvalue weighted by atomic mass is 10.2. The molecule has 6 aromatic rings. The van der Waals surface area contributed by atoms with Crippen molar-refractivity contribution in [2.45, 2.75) is 0 Å². The van der Waals surface area contributed by atoms with Crippen LogP contribution < -0.4 is 26.0 Å². The van der Waals surface area contributed by atoms with E-state index in [0.717, 1.165) is 33.5 Å². The number of ether oxygens (including phenoxy) is 2. The van der Waals surface area contributed by atoms with Crippen LogP contribution in [-0.4, -0.2) is 34.4 Å². The second-order valence-electron chi connectivity index (χ2n) is 9.44. The van der Waals surface area contributed by atoms with Crippen molar-refractivity contribution in [2.75, 3.05) is 5.32 Å². The Morgan fingerprint density at radius 1 is 0.907 bits per heavy atom. The Morgan fingerprint density at radius 2 is 1.70 bits per heavy atom. The van der Waals surface area contributed by atoms with Crippen LogP contribution in [0.4, 0.5) is 19.3 Å². The van der Waals surface area contributed by atoms with E-state index in [1.165, 1.54) is 31.3 Å². The molecule has 0 aliphatic carbocycles. The first-order valence-corrected chi connectivity index (χ1v) is 12.7. The van der Waals surface area contributed by atoms with Gasteiger partial charge in [0.15, 0.2) is 17.3 Å². The van der Waals surface area contributed by atoms with Gasteiger partial charge in [0.1, 0.15) is 11.3 Å². The van der Waals surface area contributed by atoms with Crippen LogP contribution in [0, 0.1) is 11.6 Å². The third kappa shape index (κ3) is 5.36. The summed E-state index contributed by atoms with van der Waals surface area (Å²) in [5.41, 5.74) is 0.369. The van der Waals surface area contributed by atoms with E-state index in [4.69, 9.17) is 9.47 Å². The quantitative estimate of drug-likeness (QED) is 0.309. The van der Waals surface area contributed by atoms with E-state index in [1.54, 1.807) is 39.9 Å². The molecule has 0 spiro atoms. The molecule has 14 heteroatoms. The van der Waals surface area contributed by atoms with E-state index >= 15 is 4.39 Å². The standard InChI is InChI=1S/C29H21F2N7O5/c1-35-14-22(32-16-35)17-11-25(23-9-10-33-37(23)13-17)42-24-8-5-19(12-21(24)31)34-28(40)43-26-15-36(2)29(41)38(27(26)39)20-6-3-18(30)4-7-20/h3-16H,1-2H3,(H,34,40). The van der Waals surface area contributed by atoms with Gasteiger partial charge in [0.05, 0.1) is 30.1 Å². The van der Waals surface area contributed by atoms with Gasteiger partial charge in [-0.25, -0.2) is 32.4 Å². The minimum Gasteiger partial charge on any atom is -0.452 e.